The summed E-state index contributed by atoms with van der Waals surface area (Å²) in [6.45, 7) is 1.52. The fraction of sp³-hybridized carbons (Fsp3) is 0.222. The zero-order chi connectivity index (χ0) is 16.1. The number of amides is 2. The average molecular weight is 296 g/mol. The first kappa shape index (κ1) is 15.8. The summed E-state index contributed by atoms with van der Waals surface area (Å²) in [7, 11) is 3.50. The first-order chi connectivity index (χ1) is 10.5. The Balaban J connectivity index is 2.04. The van der Waals surface area contributed by atoms with Gasteiger partial charge in [-0.2, -0.15) is 0 Å². The van der Waals surface area contributed by atoms with Gasteiger partial charge in [0.15, 0.2) is 0 Å². The van der Waals surface area contributed by atoms with Crippen molar-refractivity contribution in [1.29, 1.82) is 0 Å². The van der Waals surface area contributed by atoms with Crippen LogP contribution in [-0.2, 0) is 16.0 Å². The van der Waals surface area contributed by atoms with Crippen molar-refractivity contribution in [3.63, 3.8) is 0 Å². The maximum Gasteiger partial charge on any atom is 0.231 e. The van der Waals surface area contributed by atoms with Crippen molar-refractivity contribution >= 4 is 23.2 Å². The van der Waals surface area contributed by atoms with E-state index in [0.717, 1.165) is 16.9 Å². The molecule has 0 bridgehead atoms. The molecule has 2 rings (SSSR count). The maximum absolute atomic E-state index is 12.3. The molecular weight excluding hydrogens is 276 g/mol. The third kappa shape index (κ3) is 3.73. The number of carbonyl (C=O) groups is 2. The van der Waals surface area contributed by atoms with Gasteiger partial charge in [0.25, 0.3) is 0 Å². The first-order valence-electron chi connectivity index (χ1n) is 7.14. The van der Waals surface area contributed by atoms with Crippen molar-refractivity contribution < 1.29 is 9.59 Å². The lowest BCUT2D eigenvalue weighted by Crippen LogP contribution is -2.27. The van der Waals surface area contributed by atoms with E-state index >= 15 is 0 Å². The van der Waals surface area contributed by atoms with E-state index in [1.54, 1.807) is 23.9 Å². The second-order valence-corrected chi connectivity index (χ2v) is 5.21. The fourth-order valence-electron chi connectivity index (χ4n) is 2.11. The van der Waals surface area contributed by atoms with Crippen LogP contribution in [0.15, 0.2) is 54.6 Å². The Labute approximate surface area is 131 Å². The van der Waals surface area contributed by atoms with Crippen LogP contribution in [-0.4, -0.2) is 25.9 Å². The molecule has 0 aliphatic carbocycles. The molecule has 22 heavy (non-hydrogen) atoms. The van der Waals surface area contributed by atoms with Gasteiger partial charge in [-0.05, 0) is 29.8 Å². The molecule has 2 aromatic carbocycles. The number of rotatable bonds is 4. The summed E-state index contributed by atoms with van der Waals surface area (Å²) in [6.07, 6.45) is 0.329. The molecule has 0 saturated heterocycles. The van der Waals surface area contributed by atoms with Crippen LogP contribution in [0.2, 0.25) is 0 Å². The SMILES string of the molecule is CC(=O)N(C)c1ccc(CC(=O)N(C)c2ccccc2)cc1. The van der Waals surface area contributed by atoms with Gasteiger partial charge in [-0.25, -0.2) is 0 Å². The molecular formula is C18H20N2O2. The molecule has 4 nitrogen and oxygen atoms in total. The Bertz CT molecular complexity index is 651. The highest BCUT2D eigenvalue weighted by Gasteiger charge is 2.12. The number of para-hydroxylation sites is 1. The number of likely N-dealkylation sites (N-methyl/N-ethyl adjacent to an activating group) is 1. The van der Waals surface area contributed by atoms with E-state index in [-0.39, 0.29) is 11.8 Å². The minimum absolute atomic E-state index is 0.0207. The number of carbonyl (C=O) groups excluding carboxylic acids is 2. The average Bonchev–Trinajstić information content (AvgIpc) is 2.54. The van der Waals surface area contributed by atoms with Crippen LogP contribution < -0.4 is 9.80 Å². The lowest BCUT2D eigenvalue weighted by molar-refractivity contribution is -0.118. The normalized spacial score (nSPS) is 10.1. The van der Waals surface area contributed by atoms with Crippen molar-refractivity contribution in [2.75, 3.05) is 23.9 Å². The van der Waals surface area contributed by atoms with Gasteiger partial charge >= 0.3 is 0 Å². The molecule has 0 fully saturated rings. The molecule has 0 unspecified atom stereocenters. The Morgan fingerprint density at radius 2 is 1.36 bits per heavy atom. The van der Waals surface area contributed by atoms with Gasteiger partial charge in [-0.15, -0.1) is 0 Å². The third-order valence-electron chi connectivity index (χ3n) is 3.67. The lowest BCUT2D eigenvalue weighted by Gasteiger charge is -2.18. The van der Waals surface area contributed by atoms with Crippen molar-refractivity contribution in [3.8, 4) is 0 Å². The Kier molecular flexibility index (Phi) is 4.94. The van der Waals surface area contributed by atoms with Crippen molar-refractivity contribution in [1.82, 2.24) is 0 Å². The molecule has 0 atom stereocenters. The maximum atomic E-state index is 12.3. The topological polar surface area (TPSA) is 40.6 Å². The van der Waals surface area contributed by atoms with Crippen molar-refractivity contribution in [2.45, 2.75) is 13.3 Å². The molecule has 2 amide bonds. The number of nitrogens with zero attached hydrogens (tertiary/aromatic N) is 2. The second kappa shape index (κ2) is 6.89. The van der Waals surface area contributed by atoms with Crippen LogP contribution in [0, 0.1) is 0 Å². The highest BCUT2D eigenvalue weighted by Crippen LogP contribution is 2.16. The quantitative estimate of drug-likeness (QED) is 0.870. The van der Waals surface area contributed by atoms with E-state index < -0.39 is 0 Å². The van der Waals surface area contributed by atoms with Crippen molar-refractivity contribution in [2.24, 2.45) is 0 Å². The molecule has 114 valence electrons. The zero-order valence-corrected chi connectivity index (χ0v) is 13.1. The lowest BCUT2D eigenvalue weighted by atomic mass is 10.1. The summed E-state index contributed by atoms with van der Waals surface area (Å²) in [5, 5.41) is 0. The largest absolute Gasteiger partial charge is 0.316 e. The number of benzene rings is 2. The molecule has 4 heteroatoms. The number of anilines is 2. The third-order valence-corrected chi connectivity index (χ3v) is 3.67. The summed E-state index contributed by atoms with van der Waals surface area (Å²) < 4.78 is 0. The zero-order valence-electron chi connectivity index (χ0n) is 13.1. The molecule has 0 N–H and O–H groups in total. The molecule has 0 aliphatic rings. The molecule has 2 aromatic rings. The van der Waals surface area contributed by atoms with Gasteiger partial charge in [0, 0.05) is 32.4 Å². The minimum atomic E-state index is -0.0207. The second-order valence-electron chi connectivity index (χ2n) is 5.21. The van der Waals surface area contributed by atoms with E-state index in [1.807, 2.05) is 54.6 Å². The van der Waals surface area contributed by atoms with E-state index in [9.17, 15) is 9.59 Å². The summed E-state index contributed by atoms with van der Waals surface area (Å²) >= 11 is 0. The first-order valence-corrected chi connectivity index (χ1v) is 7.14. The minimum Gasteiger partial charge on any atom is -0.316 e. The standard InChI is InChI=1S/C18H20N2O2/c1-14(21)19(2)17-11-9-15(10-12-17)13-18(22)20(3)16-7-5-4-6-8-16/h4-12H,13H2,1-3H3. The summed E-state index contributed by atoms with van der Waals surface area (Å²) in [5.74, 6) is 0.00603. The monoisotopic (exact) mass is 296 g/mol. The van der Waals surface area contributed by atoms with E-state index in [2.05, 4.69) is 0 Å². The molecule has 0 aliphatic heterocycles. The highest BCUT2D eigenvalue weighted by molar-refractivity contribution is 5.94. The highest BCUT2D eigenvalue weighted by atomic mass is 16.2. The Morgan fingerprint density at radius 3 is 1.91 bits per heavy atom. The molecule has 0 radical (unpaired) electrons. The van der Waals surface area contributed by atoms with Crippen LogP contribution in [0.1, 0.15) is 12.5 Å². The van der Waals surface area contributed by atoms with Gasteiger partial charge in [0.05, 0.1) is 6.42 Å². The van der Waals surface area contributed by atoms with Crippen LogP contribution in [0.25, 0.3) is 0 Å². The Hall–Kier alpha value is -2.62. The van der Waals surface area contributed by atoms with Crippen LogP contribution in [0.3, 0.4) is 0 Å². The Morgan fingerprint density at radius 1 is 0.818 bits per heavy atom. The van der Waals surface area contributed by atoms with E-state index in [4.69, 9.17) is 0 Å². The van der Waals surface area contributed by atoms with Crippen molar-refractivity contribution in [3.05, 3.63) is 60.2 Å². The molecule has 0 aromatic heterocycles. The smallest absolute Gasteiger partial charge is 0.231 e. The molecule has 0 saturated carbocycles. The predicted octanol–water partition coefficient (Wildman–Crippen LogP) is 2.87. The van der Waals surface area contributed by atoms with Crippen LogP contribution >= 0.6 is 0 Å². The predicted molar refractivity (Wildman–Crippen MR) is 89.1 cm³/mol. The summed E-state index contributed by atoms with van der Waals surface area (Å²) in [4.78, 5) is 26.8. The van der Waals surface area contributed by atoms with Gasteiger partial charge in [-0.3, -0.25) is 9.59 Å². The van der Waals surface area contributed by atoms with Gasteiger partial charge < -0.3 is 9.80 Å². The van der Waals surface area contributed by atoms with Gasteiger partial charge in [0.2, 0.25) is 11.8 Å². The molecule has 0 spiro atoms. The van der Waals surface area contributed by atoms with E-state index in [1.165, 1.54) is 6.92 Å². The number of hydrogen-bond donors (Lipinski definition) is 0. The summed E-state index contributed by atoms with van der Waals surface area (Å²) in [6, 6.07) is 17.0. The summed E-state index contributed by atoms with van der Waals surface area (Å²) in [5.41, 5.74) is 2.62. The van der Waals surface area contributed by atoms with Crippen LogP contribution in [0.5, 0.6) is 0 Å². The fourth-order valence-corrected chi connectivity index (χ4v) is 2.11. The molecule has 0 heterocycles. The van der Waals surface area contributed by atoms with E-state index in [0.29, 0.717) is 6.42 Å². The number of hydrogen-bond acceptors (Lipinski definition) is 2. The van der Waals surface area contributed by atoms with Crippen LogP contribution in [0.4, 0.5) is 11.4 Å². The van der Waals surface area contributed by atoms with Gasteiger partial charge in [-0.1, -0.05) is 30.3 Å². The van der Waals surface area contributed by atoms with Gasteiger partial charge in [0.1, 0.15) is 0 Å².